The van der Waals surface area contributed by atoms with Gasteiger partial charge >= 0.3 is 24.6 Å². The van der Waals surface area contributed by atoms with E-state index in [0.717, 1.165) is 0 Å². The highest BCUT2D eigenvalue weighted by Gasteiger charge is 2.22. The molecule has 0 saturated carbocycles. The Morgan fingerprint density at radius 3 is 0.950 bits per heavy atom. The first-order chi connectivity index (χ1) is 9.20. The average Bonchev–Trinajstić information content (AvgIpc) is 2.22. The number of carbonyl (C=O) groups is 4. The predicted molar refractivity (Wildman–Crippen MR) is 49.9 cm³/mol. The highest BCUT2D eigenvalue weighted by molar-refractivity contribution is 5.58. The van der Waals surface area contributed by atoms with Crippen LogP contribution >= 0.6 is 0 Å². The summed E-state index contributed by atoms with van der Waals surface area (Å²) in [6, 6.07) is 0. The van der Waals surface area contributed by atoms with Gasteiger partial charge in [-0.15, -0.1) is 0 Å². The SMILES string of the molecule is O=C(O)ON(CCN(OC(=O)O)OC(=O)O)OC(=O)O. The molecule has 14 heteroatoms. The molecule has 0 aliphatic heterocycles. The molecule has 4 N–H and O–H groups in total. The Labute approximate surface area is 108 Å². The average molecular weight is 300 g/mol. The molecular formula is C6H8N2O12. The van der Waals surface area contributed by atoms with E-state index < -0.39 is 37.7 Å². The van der Waals surface area contributed by atoms with Crippen LogP contribution in [0.25, 0.3) is 0 Å². The van der Waals surface area contributed by atoms with Crippen molar-refractivity contribution in [3.05, 3.63) is 0 Å². The maximum absolute atomic E-state index is 10.2. The van der Waals surface area contributed by atoms with Gasteiger partial charge in [0.15, 0.2) is 0 Å². The van der Waals surface area contributed by atoms with Gasteiger partial charge in [-0.1, -0.05) is 0 Å². The van der Waals surface area contributed by atoms with Gasteiger partial charge in [0.2, 0.25) is 0 Å². The molecule has 0 spiro atoms. The van der Waals surface area contributed by atoms with Gasteiger partial charge in [-0.2, -0.15) is 0 Å². The summed E-state index contributed by atoms with van der Waals surface area (Å²) >= 11 is 0. The first kappa shape index (κ1) is 17.0. The first-order valence-corrected chi connectivity index (χ1v) is 4.39. The lowest BCUT2D eigenvalue weighted by Gasteiger charge is -2.19. The number of hydrogen-bond acceptors (Lipinski definition) is 10. The van der Waals surface area contributed by atoms with E-state index in [4.69, 9.17) is 20.4 Å². The molecule has 0 radical (unpaired) electrons. The maximum Gasteiger partial charge on any atom is 0.528 e. The van der Waals surface area contributed by atoms with Gasteiger partial charge in [0, 0.05) is 10.5 Å². The summed E-state index contributed by atoms with van der Waals surface area (Å²) in [4.78, 5) is 56.1. The Kier molecular flexibility index (Phi) is 6.94. The summed E-state index contributed by atoms with van der Waals surface area (Å²) in [7, 11) is 0. The fourth-order valence-corrected chi connectivity index (χ4v) is 0.732. The summed E-state index contributed by atoms with van der Waals surface area (Å²) < 4.78 is 0. The Bertz CT molecular complexity index is 314. The minimum absolute atomic E-state index is 0.0892. The lowest BCUT2D eigenvalue weighted by atomic mass is 10.7. The third-order valence-corrected chi connectivity index (χ3v) is 1.18. The molecule has 0 aromatic rings. The highest BCUT2D eigenvalue weighted by Crippen LogP contribution is 1.99. The van der Waals surface area contributed by atoms with Crippen molar-refractivity contribution in [2.75, 3.05) is 13.1 Å². The van der Waals surface area contributed by atoms with Crippen LogP contribution in [-0.2, 0) is 19.4 Å². The standard InChI is InChI=1S/C6H8N2O12/c9-3(10)17-7(18-4(11)12)1-2-8(19-5(13)14)20-6(15)16/h1-2H2,(H,9,10)(H,11,12)(H,13,14)(H,15,16). The third-order valence-electron chi connectivity index (χ3n) is 1.18. The Morgan fingerprint density at radius 1 is 0.600 bits per heavy atom. The molecule has 14 nitrogen and oxygen atoms in total. The van der Waals surface area contributed by atoms with Gasteiger partial charge in [0.1, 0.15) is 0 Å². The number of rotatable bonds is 7. The van der Waals surface area contributed by atoms with Gasteiger partial charge in [-0.05, 0) is 0 Å². The summed E-state index contributed by atoms with van der Waals surface area (Å²) in [5, 5.41) is 32.8. The minimum atomic E-state index is -1.93. The number of hydroxylamine groups is 4. The zero-order chi connectivity index (χ0) is 15.7. The van der Waals surface area contributed by atoms with Crippen LogP contribution in [0.5, 0.6) is 0 Å². The van der Waals surface area contributed by atoms with E-state index in [1.54, 1.807) is 0 Å². The molecule has 0 aromatic carbocycles. The molecule has 0 amide bonds. The number of carboxylic acid groups (broad SMARTS) is 4. The Hall–Kier alpha value is -3.00. The zero-order valence-electron chi connectivity index (χ0n) is 9.36. The van der Waals surface area contributed by atoms with E-state index in [1.807, 2.05) is 0 Å². The second kappa shape index (κ2) is 8.16. The van der Waals surface area contributed by atoms with E-state index in [0.29, 0.717) is 0 Å². The van der Waals surface area contributed by atoms with Crippen LogP contribution in [0.3, 0.4) is 0 Å². The summed E-state index contributed by atoms with van der Waals surface area (Å²) in [5.74, 6) is 0. The fourth-order valence-electron chi connectivity index (χ4n) is 0.732. The van der Waals surface area contributed by atoms with Crippen LogP contribution in [-0.4, -0.2) is 68.6 Å². The molecule has 114 valence electrons. The van der Waals surface area contributed by atoms with Crippen LogP contribution < -0.4 is 0 Å². The van der Waals surface area contributed by atoms with Crippen LogP contribution in [0.2, 0.25) is 0 Å². The van der Waals surface area contributed by atoms with E-state index in [2.05, 4.69) is 19.4 Å². The van der Waals surface area contributed by atoms with Gasteiger partial charge < -0.3 is 20.4 Å². The summed E-state index contributed by atoms with van der Waals surface area (Å²) in [6.07, 6.45) is -7.74. The first-order valence-electron chi connectivity index (χ1n) is 4.39. The molecule has 0 fully saturated rings. The van der Waals surface area contributed by atoms with E-state index in [-0.39, 0.29) is 10.5 Å². The van der Waals surface area contributed by atoms with Gasteiger partial charge in [-0.3, -0.25) is 19.4 Å². The normalized spacial score (nSPS) is 9.90. The topological polar surface area (TPSA) is 193 Å². The van der Waals surface area contributed by atoms with Gasteiger partial charge in [0.05, 0.1) is 13.1 Å². The molecule has 0 aliphatic carbocycles. The van der Waals surface area contributed by atoms with Crippen molar-refractivity contribution < 1.29 is 59.0 Å². The molecule has 0 unspecified atom stereocenters. The summed E-state index contributed by atoms with van der Waals surface area (Å²) in [6.45, 7) is -1.53. The van der Waals surface area contributed by atoms with Crippen molar-refractivity contribution in [3.8, 4) is 0 Å². The molecule has 0 heterocycles. The van der Waals surface area contributed by atoms with E-state index in [9.17, 15) is 19.2 Å². The molecule has 0 saturated heterocycles. The van der Waals surface area contributed by atoms with Crippen molar-refractivity contribution in [2.45, 2.75) is 0 Å². The van der Waals surface area contributed by atoms with Gasteiger partial charge in [-0.25, -0.2) is 19.2 Å². The van der Waals surface area contributed by atoms with Crippen LogP contribution in [0.4, 0.5) is 19.2 Å². The second-order valence-corrected chi connectivity index (χ2v) is 2.54. The quantitative estimate of drug-likeness (QED) is 0.459. The highest BCUT2D eigenvalue weighted by atomic mass is 17.0. The smallest absolute Gasteiger partial charge is 0.448 e. The number of hydrogen-bond donors (Lipinski definition) is 4. The fraction of sp³-hybridized carbons (Fsp3) is 0.333. The molecule has 0 aromatic heterocycles. The molecule has 20 heavy (non-hydrogen) atoms. The Balaban J connectivity index is 4.49. The van der Waals surface area contributed by atoms with Crippen molar-refractivity contribution in [1.82, 2.24) is 10.5 Å². The largest absolute Gasteiger partial charge is 0.528 e. The summed E-state index contributed by atoms with van der Waals surface area (Å²) in [5.41, 5.74) is 0. The third kappa shape index (κ3) is 9.07. The Morgan fingerprint density at radius 2 is 0.800 bits per heavy atom. The van der Waals surface area contributed by atoms with Crippen LogP contribution in [0.1, 0.15) is 0 Å². The van der Waals surface area contributed by atoms with E-state index >= 15 is 0 Å². The van der Waals surface area contributed by atoms with Crippen molar-refractivity contribution in [1.29, 1.82) is 0 Å². The maximum atomic E-state index is 10.2. The zero-order valence-corrected chi connectivity index (χ0v) is 9.36. The van der Waals surface area contributed by atoms with Crippen molar-refractivity contribution >= 4 is 24.6 Å². The second-order valence-electron chi connectivity index (χ2n) is 2.54. The van der Waals surface area contributed by atoms with Gasteiger partial charge in [0.25, 0.3) is 0 Å². The molecule has 0 aliphatic rings. The molecular weight excluding hydrogens is 292 g/mol. The predicted octanol–water partition coefficient (Wildman–Crippen LogP) is 0.0288. The van der Waals surface area contributed by atoms with Crippen molar-refractivity contribution in [2.24, 2.45) is 0 Å². The van der Waals surface area contributed by atoms with Crippen LogP contribution in [0, 0.1) is 0 Å². The number of nitrogens with zero attached hydrogens (tertiary/aromatic N) is 2. The van der Waals surface area contributed by atoms with Crippen LogP contribution in [0.15, 0.2) is 0 Å². The van der Waals surface area contributed by atoms with Crippen molar-refractivity contribution in [3.63, 3.8) is 0 Å². The molecule has 0 bridgehead atoms. The monoisotopic (exact) mass is 300 g/mol. The lowest BCUT2D eigenvalue weighted by Crippen LogP contribution is -2.39. The van der Waals surface area contributed by atoms with E-state index in [1.165, 1.54) is 0 Å². The molecule has 0 rings (SSSR count). The lowest BCUT2D eigenvalue weighted by molar-refractivity contribution is -0.346. The molecule has 0 atom stereocenters. The minimum Gasteiger partial charge on any atom is -0.448 e.